The molecule has 7 heteroatoms. The summed E-state index contributed by atoms with van der Waals surface area (Å²) in [6, 6.07) is 11.7. The number of hydrogen-bond acceptors (Lipinski definition) is 5. The topological polar surface area (TPSA) is 77.4 Å². The van der Waals surface area contributed by atoms with Crippen molar-refractivity contribution < 1.29 is 14.3 Å². The maximum Gasteiger partial charge on any atom is 0.269 e. The van der Waals surface area contributed by atoms with Gasteiger partial charge in [0.05, 0.1) is 11.6 Å². The molecule has 0 spiro atoms. The Morgan fingerprint density at radius 2 is 1.88 bits per heavy atom. The molecule has 6 nitrogen and oxygen atoms in total. The smallest absolute Gasteiger partial charge is 0.269 e. The molecule has 1 N–H and O–H groups in total. The highest BCUT2D eigenvalue weighted by Crippen LogP contribution is 2.28. The van der Waals surface area contributed by atoms with Crippen LogP contribution in [0.5, 0.6) is 5.75 Å². The van der Waals surface area contributed by atoms with Crippen molar-refractivity contribution in [1.82, 2.24) is 9.88 Å². The number of Topliss-reactive ketones (excluding diaryl/α,β-unsaturated/α-hetero) is 1. The van der Waals surface area contributed by atoms with E-state index in [4.69, 9.17) is 4.74 Å². The largest absolute Gasteiger partial charge is 0.496 e. The van der Waals surface area contributed by atoms with E-state index in [0.29, 0.717) is 14.9 Å². The molecule has 0 aliphatic rings. The van der Waals surface area contributed by atoms with E-state index in [1.165, 1.54) is 22.0 Å². The van der Waals surface area contributed by atoms with Crippen molar-refractivity contribution in [2.75, 3.05) is 7.11 Å². The highest BCUT2D eigenvalue weighted by molar-refractivity contribution is 7.07. The summed E-state index contributed by atoms with van der Waals surface area (Å²) in [5.41, 5.74) is -0.136. The molecule has 0 fully saturated rings. The third-order valence-corrected chi connectivity index (χ3v) is 6.74. The van der Waals surface area contributed by atoms with Crippen LogP contribution in [0, 0.1) is 5.41 Å². The Balaban J connectivity index is 2.24. The lowest BCUT2D eigenvalue weighted by Crippen LogP contribution is -2.41. The van der Waals surface area contributed by atoms with Crippen LogP contribution in [-0.2, 0) is 16.1 Å². The molecule has 1 aromatic heterocycles. The molecule has 1 amide bonds. The van der Waals surface area contributed by atoms with Crippen LogP contribution in [0.2, 0.25) is 0 Å². The summed E-state index contributed by atoms with van der Waals surface area (Å²) >= 11 is 1.20. The van der Waals surface area contributed by atoms with E-state index >= 15 is 0 Å². The zero-order chi connectivity index (χ0) is 25.0. The summed E-state index contributed by atoms with van der Waals surface area (Å²) in [6.45, 7) is 9.22. The predicted octanol–water partition coefficient (Wildman–Crippen LogP) is 3.21. The Morgan fingerprint density at radius 3 is 2.53 bits per heavy atom. The zero-order valence-corrected chi connectivity index (χ0v) is 21.4. The number of ketones is 1. The predicted molar refractivity (Wildman–Crippen MR) is 139 cm³/mol. The van der Waals surface area contributed by atoms with Gasteiger partial charge in [0.25, 0.3) is 5.56 Å². The monoisotopic (exact) mass is 480 g/mol. The second kappa shape index (κ2) is 10.4. The van der Waals surface area contributed by atoms with Crippen molar-refractivity contribution in [1.29, 1.82) is 0 Å². The Morgan fingerprint density at radius 1 is 1.18 bits per heavy atom. The Hall–Kier alpha value is -3.19. The normalized spacial score (nSPS) is 13.8. The van der Waals surface area contributed by atoms with Crippen molar-refractivity contribution >= 4 is 46.0 Å². The molecule has 1 atom stereocenters. The third kappa shape index (κ3) is 5.65. The Labute approximate surface area is 203 Å². The molecular formula is C27H32N2O4S. The number of hydrogen-bond donors (Lipinski definition) is 1. The molecule has 0 radical (unpaired) electrons. The van der Waals surface area contributed by atoms with E-state index in [2.05, 4.69) is 5.32 Å². The zero-order valence-electron chi connectivity index (χ0n) is 20.6. The number of methoxy groups -OCH3 is 1. The SMILES string of the molecule is CCC(C)NC(=O)Cn1c(=O)/c(=C/c2c(OC)ccc3ccccc23)s/c1=C/C(=O)C(C)(C)C. The average Bonchev–Trinajstić information content (AvgIpc) is 3.07. The standard InChI is InChI=1S/C27H32N2O4S/c1-7-17(2)28-24(31)16-29-25(15-23(30)27(3,4)5)34-22(26(29)32)14-20-19-11-9-8-10-18(19)12-13-21(20)33-6/h8-15,17H,7,16H2,1-6H3,(H,28,31)/b22-14-,25-15+. The van der Waals surface area contributed by atoms with E-state index < -0.39 is 5.41 Å². The lowest BCUT2D eigenvalue weighted by molar-refractivity contribution is -0.122. The third-order valence-electron chi connectivity index (χ3n) is 5.68. The minimum absolute atomic E-state index is 0.00329. The van der Waals surface area contributed by atoms with Gasteiger partial charge in [0.15, 0.2) is 5.78 Å². The molecule has 3 rings (SSSR count). The van der Waals surface area contributed by atoms with Gasteiger partial charge < -0.3 is 10.1 Å². The minimum Gasteiger partial charge on any atom is -0.496 e. The van der Waals surface area contributed by atoms with Gasteiger partial charge in [-0.3, -0.25) is 19.0 Å². The van der Waals surface area contributed by atoms with Gasteiger partial charge in [-0.1, -0.05) is 58.0 Å². The molecule has 0 saturated carbocycles. The first-order chi connectivity index (χ1) is 16.0. The molecule has 1 heterocycles. The fourth-order valence-electron chi connectivity index (χ4n) is 3.42. The first kappa shape index (κ1) is 25.4. The van der Waals surface area contributed by atoms with Crippen molar-refractivity contribution in [3.05, 3.63) is 61.5 Å². The van der Waals surface area contributed by atoms with Gasteiger partial charge in [-0.15, -0.1) is 11.3 Å². The molecule has 34 heavy (non-hydrogen) atoms. The Bertz CT molecular complexity index is 1390. The molecule has 1 unspecified atom stereocenters. The van der Waals surface area contributed by atoms with Crippen LogP contribution >= 0.6 is 11.3 Å². The lowest BCUT2D eigenvalue weighted by Gasteiger charge is -2.13. The molecule has 0 aliphatic carbocycles. The lowest BCUT2D eigenvalue weighted by atomic mass is 9.91. The van der Waals surface area contributed by atoms with Gasteiger partial charge in [-0.05, 0) is 36.3 Å². The summed E-state index contributed by atoms with van der Waals surface area (Å²) in [5, 5.41) is 4.87. The van der Waals surface area contributed by atoms with E-state index in [1.807, 2.05) is 71.0 Å². The number of aromatic nitrogens is 1. The van der Waals surface area contributed by atoms with Crippen LogP contribution in [-0.4, -0.2) is 29.4 Å². The molecule has 2 aromatic carbocycles. The van der Waals surface area contributed by atoms with Gasteiger partial charge in [0.2, 0.25) is 5.91 Å². The van der Waals surface area contributed by atoms with Crippen molar-refractivity contribution in [3.63, 3.8) is 0 Å². The van der Waals surface area contributed by atoms with Gasteiger partial charge in [-0.2, -0.15) is 0 Å². The van der Waals surface area contributed by atoms with Crippen LogP contribution in [0.3, 0.4) is 0 Å². The van der Waals surface area contributed by atoms with Crippen molar-refractivity contribution in [3.8, 4) is 5.75 Å². The van der Waals surface area contributed by atoms with Crippen LogP contribution < -0.4 is 24.8 Å². The molecule has 0 aliphatic heterocycles. The molecular weight excluding hydrogens is 448 g/mol. The maximum atomic E-state index is 13.4. The van der Waals surface area contributed by atoms with Gasteiger partial charge in [-0.25, -0.2) is 0 Å². The fraction of sp³-hybridized carbons (Fsp3) is 0.370. The van der Waals surface area contributed by atoms with Crippen molar-refractivity contribution in [2.24, 2.45) is 5.41 Å². The van der Waals surface area contributed by atoms with Crippen LogP contribution in [0.1, 0.15) is 46.6 Å². The molecule has 0 bridgehead atoms. The molecule has 0 saturated heterocycles. The van der Waals surface area contributed by atoms with Gasteiger partial charge in [0.1, 0.15) is 17.0 Å². The summed E-state index contributed by atoms with van der Waals surface area (Å²) in [7, 11) is 1.59. The molecule has 3 aromatic rings. The number of ether oxygens (including phenoxy) is 1. The summed E-state index contributed by atoms with van der Waals surface area (Å²) < 4.78 is 7.84. The van der Waals surface area contributed by atoms with Crippen LogP contribution in [0.25, 0.3) is 22.9 Å². The van der Waals surface area contributed by atoms with E-state index in [1.54, 1.807) is 13.2 Å². The van der Waals surface area contributed by atoms with Crippen LogP contribution in [0.4, 0.5) is 0 Å². The second-order valence-corrected chi connectivity index (χ2v) is 10.4. The number of amides is 1. The summed E-state index contributed by atoms with van der Waals surface area (Å²) in [4.78, 5) is 38.8. The first-order valence-electron chi connectivity index (χ1n) is 11.4. The van der Waals surface area contributed by atoms with Gasteiger partial charge >= 0.3 is 0 Å². The summed E-state index contributed by atoms with van der Waals surface area (Å²) in [5.74, 6) is 0.268. The van der Waals surface area contributed by atoms with Crippen LogP contribution in [0.15, 0.2) is 41.2 Å². The molecule has 180 valence electrons. The number of thiazole rings is 1. The van der Waals surface area contributed by atoms with E-state index in [0.717, 1.165) is 22.8 Å². The highest BCUT2D eigenvalue weighted by atomic mass is 32.1. The maximum absolute atomic E-state index is 13.4. The number of benzene rings is 2. The van der Waals surface area contributed by atoms with Gasteiger partial charge in [0, 0.05) is 23.1 Å². The number of carbonyl (C=O) groups is 2. The number of rotatable bonds is 7. The Kier molecular flexibility index (Phi) is 7.77. The van der Waals surface area contributed by atoms with Crippen molar-refractivity contribution in [2.45, 2.75) is 53.6 Å². The van der Waals surface area contributed by atoms with E-state index in [-0.39, 0.29) is 29.8 Å². The fourth-order valence-corrected chi connectivity index (χ4v) is 4.44. The quantitative estimate of drug-likeness (QED) is 0.563. The average molecular weight is 481 g/mol. The van der Waals surface area contributed by atoms with E-state index in [9.17, 15) is 14.4 Å². The number of nitrogens with one attached hydrogen (secondary N) is 1. The minimum atomic E-state index is -0.605. The number of nitrogens with zero attached hydrogens (tertiary/aromatic N) is 1. The number of fused-ring (bicyclic) bond motifs is 1. The summed E-state index contributed by atoms with van der Waals surface area (Å²) in [6.07, 6.45) is 4.04. The highest BCUT2D eigenvalue weighted by Gasteiger charge is 2.20. The first-order valence-corrected chi connectivity index (χ1v) is 12.2. The number of carbonyl (C=O) groups excluding carboxylic acids is 2. The second-order valence-electron chi connectivity index (χ2n) is 9.38.